The molecular weight excluding hydrogens is 467 g/mol. The minimum atomic E-state index is -5.81. The molecule has 0 saturated carbocycles. The van der Waals surface area contributed by atoms with Crippen LogP contribution < -0.4 is 9.50 Å². The van der Waals surface area contributed by atoms with Crippen LogP contribution in [0.5, 0.6) is 5.75 Å². The van der Waals surface area contributed by atoms with Crippen molar-refractivity contribution in [2.24, 2.45) is 0 Å². The van der Waals surface area contributed by atoms with Crippen molar-refractivity contribution < 1.29 is 44.8 Å². The second-order valence-corrected chi connectivity index (χ2v) is 8.61. The minimum absolute atomic E-state index is 0.0294. The van der Waals surface area contributed by atoms with Gasteiger partial charge in [0.25, 0.3) is 0 Å². The van der Waals surface area contributed by atoms with Crippen molar-refractivity contribution in [1.29, 1.82) is 0 Å². The molecule has 1 unspecified atom stereocenters. The van der Waals surface area contributed by atoms with Crippen molar-refractivity contribution >= 4 is 22.2 Å². The van der Waals surface area contributed by atoms with Crippen LogP contribution in [-0.2, 0) is 37.4 Å². The zero-order chi connectivity index (χ0) is 24.6. The Morgan fingerprint density at radius 3 is 2.12 bits per heavy atom. The van der Waals surface area contributed by atoms with Gasteiger partial charge in [-0.3, -0.25) is 0 Å². The summed E-state index contributed by atoms with van der Waals surface area (Å²) in [5.41, 5.74) is -4.44. The molecule has 0 aliphatic carbocycles. The van der Waals surface area contributed by atoms with Crippen molar-refractivity contribution in [2.75, 3.05) is 0 Å². The lowest BCUT2D eigenvalue weighted by molar-refractivity contribution is -0.149. The van der Waals surface area contributed by atoms with Crippen LogP contribution >= 0.6 is 0 Å². The Hall–Kier alpha value is -3.28. The van der Waals surface area contributed by atoms with Crippen LogP contribution in [0.3, 0.4) is 0 Å². The normalized spacial score (nSPS) is 12.7. The van der Waals surface area contributed by atoms with Gasteiger partial charge in [-0.25, -0.2) is 9.59 Å². The molecule has 180 valence electrons. The molecule has 0 aliphatic rings. The summed E-state index contributed by atoms with van der Waals surface area (Å²) in [5, 5.41) is 2.40. The Balaban J connectivity index is 2.06. The molecule has 2 rings (SSSR count). The maximum Gasteiger partial charge on any atom is 0.534 e. The van der Waals surface area contributed by atoms with E-state index in [1.807, 2.05) is 0 Å². The van der Waals surface area contributed by atoms with Crippen LogP contribution in [0.2, 0.25) is 0 Å². The molecule has 0 spiro atoms. The van der Waals surface area contributed by atoms with Crippen molar-refractivity contribution in [3.8, 4) is 5.75 Å². The van der Waals surface area contributed by atoms with Crippen molar-refractivity contribution in [3.05, 3.63) is 65.7 Å². The first-order valence-electron chi connectivity index (χ1n) is 9.65. The molecule has 0 radical (unpaired) electrons. The molecule has 12 heteroatoms. The predicted octanol–water partition coefficient (Wildman–Crippen LogP) is 3.70. The number of alkyl halides is 3. The van der Waals surface area contributed by atoms with E-state index in [0.717, 1.165) is 17.7 Å². The van der Waals surface area contributed by atoms with E-state index in [0.29, 0.717) is 5.56 Å². The third-order valence-corrected chi connectivity index (χ3v) is 4.97. The number of nitrogens with one attached hydrogen (secondary N) is 1. The van der Waals surface area contributed by atoms with Gasteiger partial charge >= 0.3 is 27.7 Å². The number of esters is 1. The average molecular weight is 489 g/mol. The monoisotopic (exact) mass is 489 g/mol. The summed E-state index contributed by atoms with van der Waals surface area (Å²) >= 11 is 0. The van der Waals surface area contributed by atoms with E-state index in [1.54, 1.807) is 44.2 Å². The van der Waals surface area contributed by atoms with E-state index >= 15 is 0 Å². The van der Waals surface area contributed by atoms with E-state index in [4.69, 9.17) is 9.47 Å². The quantitative estimate of drug-likeness (QED) is 0.325. The molecule has 0 heterocycles. The molecule has 8 nitrogen and oxygen atoms in total. The molecule has 1 amide bonds. The van der Waals surface area contributed by atoms with Gasteiger partial charge in [-0.2, -0.15) is 21.6 Å². The fourth-order valence-electron chi connectivity index (χ4n) is 2.51. The maximum absolute atomic E-state index is 12.4. The first-order chi connectivity index (χ1) is 15.4. The molecule has 1 atom stereocenters. The molecule has 2 aromatic carbocycles. The van der Waals surface area contributed by atoms with Gasteiger partial charge in [-0.1, -0.05) is 42.5 Å². The molecule has 1 N–H and O–H groups in total. The third-order valence-electron chi connectivity index (χ3n) is 3.99. The second-order valence-electron chi connectivity index (χ2n) is 7.08. The molecule has 0 aliphatic heterocycles. The van der Waals surface area contributed by atoms with Crippen LogP contribution in [-0.4, -0.2) is 38.1 Å². The lowest BCUT2D eigenvalue weighted by atomic mass is 10.1. The molecule has 2 aromatic rings. The van der Waals surface area contributed by atoms with Crippen LogP contribution in [0.15, 0.2) is 54.6 Å². The first kappa shape index (κ1) is 26.0. The van der Waals surface area contributed by atoms with Gasteiger partial charge in [0, 0.05) is 6.42 Å². The number of hydrogen-bond acceptors (Lipinski definition) is 7. The number of carbonyl (C=O) groups excluding carboxylic acids is 2. The Morgan fingerprint density at radius 2 is 1.58 bits per heavy atom. The smallest absolute Gasteiger partial charge is 0.461 e. The Kier molecular flexibility index (Phi) is 8.69. The van der Waals surface area contributed by atoms with Crippen molar-refractivity contribution in [2.45, 2.75) is 44.5 Å². The maximum atomic E-state index is 12.4. The molecule has 0 saturated heterocycles. The van der Waals surface area contributed by atoms with Gasteiger partial charge in [0.1, 0.15) is 18.4 Å². The van der Waals surface area contributed by atoms with Gasteiger partial charge in [0.05, 0.1) is 6.10 Å². The standard InChI is InChI=1S/C21H22F3NO7S/c1-14(2)31-19(26)18(25-20(27)30-13-16-6-4-3-5-7-16)12-15-8-10-17(11-9-15)32-33(28,29)21(22,23)24/h3-11,14,18H,12-13H2,1-2H3,(H,25,27). The molecule has 0 fully saturated rings. The van der Waals surface area contributed by atoms with Gasteiger partial charge in [-0.15, -0.1) is 0 Å². The van der Waals surface area contributed by atoms with Crippen LogP contribution in [0.25, 0.3) is 0 Å². The van der Waals surface area contributed by atoms with E-state index in [-0.39, 0.29) is 13.0 Å². The fourth-order valence-corrected chi connectivity index (χ4v) is 2.96. The number of benzene rings is 2. The number of rotatable bonds is 9. The highest BCUT2D eigenvalue weighted by molar-refractivity contribution is 7.88. The summed E-state index contributed by atoms with van der Waals surface area (Å²) < 4.78 is 73.8. The van der Waals surface area contributed by atoms with Gasteiger partial charge in [0.2, 0.25) is 0 Å². The number of alkyl carbamates (subject to hydrolysis) is 1. The Morgan fingerprint density at radius 1 is 0.970 bits per heavy atom. The summed E-state index contributed by atoms with van der Waals surface area (Å²) in [4.78, 5) is 24.6. The molecule has 0 bridgehead atoms. The summed E-state index contributed by atoms with van der Waals surface area (Å²) in [6.07, 6.45) is -1.44. The molecule has 33 heavy (non-hydrogen) atoms. The van der Waals surface area contributed by atoms with E-state index in [1.165, 1.54) is 12.1 Å². The number of hydrogen-bond donors (Lipinski definition) is 1. The SMILES string of the molecule is CC(C)OC(=O)C(Cc1ccc(OS(=O)(=O)C(F)(F)F)cc1)NC(=O)OCc1ccccc1. The summed E-state index contributed by atoms with van der Waals surface area (Å²) in [7, 11) is -5.81. The highest BCUT2D eigenvalue weighted by Gasteiger charge is 2.48. The topological polar surface area (TPSA) is 108 Å². The third kappa shape index (κ3) is 8.29. The Bertz CT molecular complexity index is 1040. The van der Waals surface area contributed by atoms with Gasteiger partial charge < -0.3 is 19.0 Å². The molecule has 0 aromatic heterocycles. The summed E-state index contributed by atoms with van der Waals surface area (Å²) in [5.74, 6) is -1.31. The van der Waals surface area contributed by atoms with E-state index in [9.17, 15) is 31.2 Å². The van der Waals surface area contributed by atoms with Crippen molar-refractivity contribution in [1.82, 2.24) is 5.32 Å². The zero-order valence-electron chi connectivity index (χ0n) is 17.7. The Labute approximate surface area is 188 Å². The van der Waals surface area contributed by atoms with Crippen LogP contribution in [0.4, 0.5) is 18.0 Å². The van der Waals surface area contributed by atoms with E-state index in [2.05, 4.69) is 9.50 Å². The molecular formula is C21H22F3NO7S. The highest BCUT2D eigenvalue weighted by atomic mass is 32.2. The fraction of sp³-hybridized carbons (Fsp3) is 0.333. The summed E-state index contributed by atoms with van der Waals surface area (Å²) in [6.45, 7) is 3.21. The average Bonchev–Trinajstić information content (AvgIpc) is 2.72. The van der Waals surface area contributed by atoms with Gasteiger partial charge in [0.15, 0.2) is 0 Å². The van der Waals surface area contributed by atoms with Gasteiger partial charge in [-0.05, 0) is 37.1 Å². The van der Waals surface area contributed by atoms with Crippen LogP contribution in [0.1, 0.15) is 25.0 Å². The highest BCUT2D eigenvalue weighted by Crippen LogP contribution is 2.27. The number of halogens is 3. The second kappa shape index (κ2) is 11.0. The van der Waals surface area contributed by atoms with Crippen molar-refractivity contribution in [3.63, 3.8) is 0 Å². The summed E-state index contributed by atoms with van der Waals surface area (Å²) in [6, 6.07) is 12.2. The first-order valence-corrected chi connectivity index (χ1v) is 11.1. The number of amides is 1. The largest absolute Gasteiger partial charge is 0.534 e. The lowest BCUT2D eigenvalue weighted by Crippen LogP contribution is -2.44. The number of carbonyl (C=O) groups is 2. The predicted molar refractivity (Wildman–Crippen MR) is 111 cm³/mol. The minimum Gasteiger partial charge on any atom is -0.461 e. The van der Waals surface area contributed by atoms with E-state index < -0.39 is 45.6 Å². The zero-order valence-corrected chi connectivity index (χ0v) is 18.5. The van der Waals surface area contributed by atoms with Crippen LogP contribution in [0, 0.1) is 0 Å². The lowest BCUT2D eigenvalue weighted by Gasteiger charge is -2.19. The number of ether oxygens (including phenoxy) is 2.